The number of benzene rings is 1. The minimum Gasteiger partial charge on any atom is -0.497 e. The molecule has 0 aliphatic heterocycles. The van der Waals surface area contributed by atoms with E-state index in [1.807, 2.05) is 24.3 Å². The Kier molecular flexibility index (Phi) is 4.22. The molecule has 0 saturated heterocycles. The summed E-state index contributed by atoms with van der Waals surface area (Å²) in [6.07, 6.45) is 2.15. The fourth-order valence-electron chi connectivity index (χ4n) is 1.02. The third-order valence-corrected chi connectivity index (χ3v) is 1.73. The molecule has 4 heteroatoms. The van der Waals surface area contributed by atoms with Gasteiger partial charge in [-0.1, -0.05) is 18.2 Å². The van der Waals surface area contributed by atoms with Gasteiger partial charge in [0, 0.05) is 0 Å². The highest BCUT2D eigenvalue weighted by molar-refractivity contribution is 5.57. The first-order valence-corrected chi connectivity index (χ1v) is 4.38. The Labute approximate surface area is 87.7 Å². The molecular formula is C11H12O4. The van der Waals surface area contributed by atoms with Crippen molar-refractivity contribution in [1.29, 1.82) is 0 Å². The van der Waals surface area contributed by atoms with Crippen LogP contribution in [-0.4, -0.2) is 25.0 Å². The van der Waals surface area contributed by atoms with Crippen LogP contribution in [0, 0.1) is 0 Å². The van der Waals surface area contributed by atoms with E-state index in [4.69, 9.17) is 9.84 Å². The lowest BCUT2D eigenvalue weighted by Gasteiger charge is -1.99. The summed E-state index contributed by atoms with van der Waals surface area (Å²) in [6, 6.07) is 7.40. The summed E-state index contributed by atoms with van der Waals surface area (Å²) in [7, 11) is 1.60. The summed E-state index contributed by atoms with van der Waals surface area (Å²) in [4.78, 5) is 10.0. The Morgan fingerprint density at radius 3 is 2.60 bits per heavy atom. The van der Waals surface area contributed by atoms with Gasteiger partial charge in [0.1, 0.15) is 12.4 Å². The molecule has 0 fully saturated rings. The van der Waals surface area contributed by atoms with Crippen molar-refractivity contribution < 1.29 is 19.4 Å². The van der Waals surface area contributed by atoms with Crippen molar-refractivity contribution in [2.24, 2.45) is 0 Å². The van der Waals surface area contributed by atoms with Gasteiger partial charge in [-0.05, 0) is 23.8 Å². The number of ether oxygens (including phenoxy) is 2. The van der Waals surface area contributed by atoms with Crippen molar-refractivity contribution in [3.8, 4) is 5.75 Å². The van der Waals surface area contributed by atoms with Gasteiger partial charge in [0.2, 0.25) is 0 Å². The van der Waals surface area contributed by atoms with Crippen LogP contribution >= 0.6 is 0 Å². The maximum absolute atomic E-state index is 10.0. The number of carbonyl (C=O) groups is 1. The number of methoxy groups -OCH3 is 1. The lowest BCUT2D eigenvalue weighted by molar-refractivity contribution is 0.102. The molecule has 0 amide bonds. The largest absolute Gasteiger partial charge is 0.506 e. The number of carboxylic acid groups (broad SMARTS) is 1. The van der Waals surface area contributed by atoms with Crippen molar-refractivity contribution >= 4 is 12.2 Å². The Morgan fingerprint density at radius 2 is 2.07 bits per heavy atom. The molecule has 0 unspecified atom stereocenters. The van der Waals surface area contributed by atoms with E-state index in [0.29, 0.717) is 0 Å². The van der Waals surface area contributed by atoms with Crippen LogP contribution in [0.5, 0.6) is 5.75 Å². The molecule has 0 atom stereocenters. The molecule has 80 valence electrons. The highest BCUT2D eigenvalue weighted by Gasteiger charge is 1.92. The zero-order valence-corrected chi connectivity index (χ0v) is 8.34. The molecule has 0 bridgehead atoms. The fourth-order valence-corrected chi connectivity index (χ4v) is 1.02. The molecule has 0 aliphatic carbocycles. The van der Waals surface area contributed by atoms with E-state index < -0.39 is 6.16 Å². The van der Waals surface area contributed by atoms with E-state index in [2.05, 4.69) is 4.74 Å². The smallest absolute Gasteiger partial charge is 0.497 e. The molecule has 0 heterocycles. The van der Waals surface area contributed by atoms with E-state index >= 15 is 0 Å². The van der Waals surface area contributed by atoms with Crippen LogP contribution in [0.3, 0.4) is 0 Å². The molecule has 0 spiro atoms. The molecule has 0 radical (unpaired) electrons. The van der Waals surface area contributed by atoms with Crippen LogP contribution in [0.1, 0.15) is 5.56 Å². The van der Waals surface area contributed by atoms with E-state index in [0.717, 1.165) is 11.3 Å². The Bertz CT molecular complexity index is 340. The number of hydrogen-bond acceptors (Lipinski definition) is 3. The quantitative estimate of drug-likeness (QED) is 0.772. The van der Waals surface area contributed by atoms with E-state index in [1.165, 1.54) is 0 Å². The van der Waals surface area contributed by atoms with Gasteiger partial charge in [0.05, 0.1) is 7.11 Å². The van der Waals surface area contributed by atoms with Crippen molar-refractivity contribution in [2.45, 2.75) is 0 Å². The fraction of sp³-hybridized carbons (Fsp3) is 0.182. The normalized spacial score (nSPS) is 10.2. The summed E-state index contributed by atoms with van der Waals surface area (Å²) in [5, 5.41) is 8.21. The zero-order valence-electron chi connectivity index (χ0n) is 8.34. The second-order valence-electron chi connectivity index (χ2n) is 2.75. The molecule has 0 aliphatic rings. The first kappa shape index (κ1) is 11.1. The summed E-state index contributed by atoms with van der Waals surface area (Å²) in [5.41, 5.74) is 0.963. The predicted molar refractivity (Wildman–Crippen MR) is 56.0 cm³/mol. The van der Waals surface area contributed by atoms with Gasteiger partial charge in [-0.3, -0.25) is 0 Å². The minimum atomic E-state index is -1.27. The second-order valence-corrected chi connectivity index (χ2v) is 2.75. The first-order valence-electron chi connectivity index (χ1n) is 4.38. The number of hydrogen-bond donors (Lipinski definition) is 1. The highest BCUT2D eigenvalue weighted by atomic mass is 16.7. The van der Waals surface area contributed by atoms with Gasteiger partial charge < -0.3 is 14.6 Å². The minimum absolute atomic E-state index is 0.0569. The molecule has 1 aromatic carbocycles. The van der Waals surface area contributed by atoms with Crippen LogP contribution in [0.15, 0.2) is 30.3 Å². The Balaban J connectivity index is 2.46. The molecule has 1 aromatic rings. The SMILES string of the molecule is COc1ccc(C=CCOC(=O)O)cc1. The average Bonchev–Trinajstić information content (AvgIpc) is 2.25. The Morgan fingerprint density at radius 1 is 1.40 bits per heavy atom. The van der Waals surface area contributed by atoms with E-state index in [-0.39, 0.29) is 6.61 Å². The lowest BCUT2D eigenvalue weighted by atomic mass is 10.2. The molecule has 15 heavy (non-hydrogen) atoms. The zero-order chi connectivity index (χ0) is 11.1. The van der Waals surface area contributed by atoms with Gasteiger partial charge in [-0.2, -0.15) is 0 Å². The van der Waals surface area contributed by atoms with Crippen LogP contribution in [0.2, 0.25) is 0 Å². The third-order valence-electron chi connectivity index (χ3n) is 1.73. The standard InChI is InChI=1S/C11H12O4/c1-14-10-6-4-9(5-7-10)3-2-8-15-11(12)13/h2-7H,8H2,1H3,(H,12,13). The van der Waals surface area contributed by atoms with E-state index in [1.54, 1.807) is 19.3 Å². The summed E-state index contributed by atoms with van der Waals surface area (Å²) in [5.74, 6) is 0.786. The van der Waals surface area contributed by atoms with E-state index in [9.17, 15) is 4.79 Å². The predicted octanol–water partition coefficient (Wildman–Crippen LogP) is 2.40. The summed E-state index contributed by atoms with van der Waals surface area (Å²) < 4.78 is 9.31. The van der Waals surface area contributed by atoms with Gasteiger partial charge in [0.15, 0.2) is 0 Å². The van der Waals surface area contributed by atoms with Crippen molar-refractivity contribution in [1.82, 2.24) is 0 Å². The number of rotatable bonds is 4. The molecule has 1 rings (SSSR count). The maximum atomic E-state index is 10.0. The lowest BCUT2D eigenvalue weighted by Crippen LogP contribution is -1.98. The van der Waals surface area contributed by atoms with Crippen molar-refractivity contribution in [2.75, 3.05) is 13.7 Å². The van der Waals surface area contributed by atoms with Gasteiger partial charge >= 0.3 is 6.16 Å². The molecule has 1 N–H and O–H groups in total. The average molecular weight is 208 g/mol. The molecule has 0 aromatic heterocycles. The van der Waals surface area contributed by atoms with Crippen molar-refractivity contribution in [3.63, 3.8) is 0 Å². The molecule has 4 nitrogen and oxygen atoms in total. The van der Waals surface area contributed by atoms with Crippen LogP contribution in [-0.2, 0) is 4.74 Å². The van der Waals surface area contributed by atoms with Crippen molar-refractivity contribution in [3.05, 3.63) is 35.9 Å². The van der Waals surface area contributed by atoms with Crippen LogP contribution < -0.4 is 4.74 Å². The highest BCUT2D eigenvalue weighted by Crippen LogP contribution is 2.12. The second kappa shape index (κ2) is 5.70. The molecular weight excluding hydrogens is 196 g/mol. The monoisotopic (exact) mass is 208 g/mol. The van der Waals surface area contributed by atoms with Crippen LogP contribution in [0.4, 0.5) is 4.79 Å². The molecule has 0 saturated carbocycles. The van der Waals surface area contributed by atoms with Gasteiger partial charge in [-0.25, -0.2) is 4.79 Å². The van der Waals surface area contributed by atoms with Gasteiger partial charge in [0.25, 0.3) is 0 Å². The van der Waals surface area contributed by atoms with Gasteiger partial charge in [-0.15, -0.1) is 0 Å². The van der Waals surface area contributed by atoms with Crippen LogP contribution in [0.25, 0.3) is 6.08 Å². The summed E-state index contributed by atoms with van der Waals surface area (Å²) in [6.45, 7) is 0.0569. The summed E-state index contributed by atoms with van der Waals surface area (Å²) >= 11 is 0. The first-order chi connectivity index (χ1) is 7.22. The Hall–Kier alpha value is -1.97. The maximum Gasteiger partial charge on any atom is 0.506 e. The topological polar surface area (TPSA) is 55.8 Å². The third kappa shape index (κ3) is 4.17.